The van der Waals surface area contributed by atoms with E-state index in [1.54, 1.807) is 10.6 Å². The van der Waals surface area contributed by atoms with Crippen molar-refractivity contribution < 1.29 is 8.42 Å². The predicted molar refractivity (Wildman–Crippen MR) is 115 cm³/mol. The lowest BCUT2D eigenvalue weighted by Crippen LogP contribution is -2.23. The van der Waals surface area contributed by atoms with Crippen LogP contribution in [0.3, 0.4) is 0 Å². The fourth-order valence-corrected chi connectivity index (χ4v) is 4.75. The third-order valence-corrected chi connectivity index (χ3v) is 6.92. The van der Waals surface area contributed by atoms with Crippen molar-refractivity contribution in [2.75, 3.05) is 18.6 Å². The van der Waals surface area contributed by atoms with Crippen LogP contribution in [0.4, 0.5) is 0 Å². The molecule has 3 aromatic rings. The fraction of sp³-hybridized carbons (Fsp3) is 0.300. The third kappa shape index (κ3) is 4.45. The SMILES string of the molecule is CNS(=O)(=O)CCCSc1nc2ccccc2c(=O)n1-c1cc(C)ccc1C. The van der Waals surface area contributed by atoms with Crippen LogP contribution in [0.2, 0.25) is 0 Å². The Hall–Kier alpha value is -2.16. The summed E-state index contributed by atoms with van der Waals surface area (Å²) in [5.74, 6) is 0.578. The van der Waals surface area contributed by atoms with E-state index in [9.17, 15) is 13.2 Å². The summed E-state index contributed by atoms with van der Waals surface area (Å²) in [6.07, 6.45) is 0.462. The highest BCUT2D eigenvalue weighted by molar-refractivity contribution is 7.99. The van der Waals surface area contributed by atoms with E-state index in [2.05, 4.69) is 4.72 Å². The summed E-state index contributed by atoms with van der Waals surface area (Å²) in [6.45, 7) is 3.95. The smallest absolute Gasteiger partial charge is 0.266 e. The van der Waals surface area contributed by atoms with E-state index in [0.29, 0.717) is 28.2 Å². The number of para-hydroxylation sites is 1. The number of benzene rings is 2. The number of nitrogens with one attached hydrogen (secondary N) is 1. The highest BCUT2D eigenvalue weighted by Crippen LogP contribution is 2.24. The van der Waals surface area contributed by atoms with E-state index in [-0.39, 0.29) is 11.3 Å². The average Bonchev–Trinajstić information content (AvgIpc) is 2.68. The van der Waals surface area contributed by atoms with E-state index in [1.165, 1.54) is 18.8 Å². The van der Waals surface area contributed by atoms with E-state index in [4.69, 9.17) is 4.98 Å². The van der Waals surface area contributed by atoms with Gasteiger partial charge in [-0.3, -0.25) is 9.36 Å². The van der Waals surface area contributed by atoms with E-state index >= 15 is 0 Å². The molecule has 0 aliphatic carbocycles. The lowest BCUT2D eigenvalue weighted by molar-refractivity contribution is 0.587. The van der Waals surface area contributed by atoms with Crippen LogP contribution in [0.15, 0.2) is 52.4 Å². The van der Waals surface area contributed by atoms with Crippen LogP contribution < -0.4 is 10.3 Å². The zero-order chi connectivity index (χ0) is 20.3. The molecule has 0 saturated carbocycles. The molecule has 3 rings (SSSR count). The van der Waals surface area contributed by atoms with Crippen LogP contribution in [0.5, 0.6) is 0 Å². The molecule has 2 aromatic carbocycles. The van der Waals surface area contributed by atoms with E-state index < -0.39 is 10.0 Å². The molecule has 0 spiro atoms. The molecule has 0 atom stereocenters. The second-order valence-electron chi connectivity index (χ2n) is 6.57. The van der Waals surface area contributed by atoms with Gasteiger partial charge in [0.05, 0.1) is 22.3 Å². The Morgan fingerprint density at radius 2 is 1.89 bits per heavy atom. The number of fused-ring (bicyclic) bond motifs is 1. The van der Waals surface area contributed by atoms with Gasteiger partial charge >= 0.3 is 0 Å². The Morgan fingerprint density at radius 1 is 1.14 bits per heavy atom. The highest BCUT2D eigenvalue weighted by atomic mass is 32.2. The van der Waals surface area contributed by atoms with Gasteiger partial charge in [0.25, 0.3) is 5.56 Å². The fourth-order valence-electron chi connectivity index (χ4n) is 2.90. The molecule has 0 aliphatic heterocycles. The molecule has 28 heavy (non-hydrogen) atoms. The molecule has 0 saturated heterocycles. The summed E-state index contributed by atoms with van der Waals surface area (Å²) in [5.41, 5.74) is 3.35. The molecule has 1 N–H and O–H groups in total. The van der Waals surface area contributed by atoms with Gasteiger partial charge in [0.2, 0.25) is 10.0 Å². The van der Waals surface area contributed by atoms with Crippen LogP contribution in [-0.2, 0) is 10.0 Å². The molecule has 0 fully saturated rings. The number of thioether (sulfide) groups is 1. The topological polar surface area (TPSA) is 81.1 Å². The molecular formula is C20H23N3O3S2. The lowest BCUT2D eigenvalue weighted by atomic mass is 10.1. The normalized spacial score (nSPS) is 11.8. The Bertz CT molecular complexity index is 1170. The minimum absolute atomic E-state index is 0.0395. The Balaban J connectivity index is 2.05. The Kier molecular flexibility index (Phi) is 6.22. The second kappa shape index (κ2) is 8.46. The molecule has 0 amide bonds. The van der Waals surface area contributed by atoms with Gasteiger partial charge in [0, 0.05) is 5.75 Å². The molecule has 0 aliphatic rings. The van der Waals surface area contributed by atoms with Crippen molar-refractivity contribution in [1.82, 2.24) is 14.3 Å². The van der Waals surface area contributed by atoms with Gasteiger partial charge in [-0.05, 0) is 56.6 Å². The molecule has 0 bridgehead atoms. The Morgan fingerprint density at radius 3 is 2.64 bits per heavy atom. The maximum Gasteiger partial charge on any atom is 0.266 e. The first kappa shape index (κ1) is 20.6. The summed E-state index contributed by atoms with van der Waals surface area (Å²) in [5, 5.41) is 1.13. The molecule has 8 heteroatoms. The molecule has 0 unspecified atom stereocenters. The van der Waals surface area contributed by atoms with Crippen LogP contribution in [0, 0.1) is 13.8 Å². The molecule has 148 valence electrons. The third-order valence-electron chi connectivity index (χ3n) is 4.45. The first-order chi connectivity index (χ1) is 13.3. The van der Waals surface area contributed by atoms with Gasteiger partial charge in [0.15, 0.2) is 5.16 Å². The minimum Gasteiger partial charge on any atom is -0.268 e. The van der Waals surface area contributed by atoms with Gasteiger partial charge in [-0.1, -0.05) is 36.0 Å². The highest BCUT2D eigenvalue weighted by Gasteiger charge is 2.15. The molecule has 0 radical (unpaired) electrons. The summed E-state index contributed by atoms with van der Waals surface area (Å²) < 4.78 is 27.2. The van der Waals surface area contributed by atoms with Gasteiger partial charge in [-0.15, -0.1) is 0 Å². The zero-order valence-electron chi connectivity index (χ0n) is 16.1. The van der Waals surface area contributed by atoms with Crippen molar-refractivity contribution >= 4 is 32.7 Å². The van der Waals surface area contributed by atoms with Crippen molar-refractivity contribution in [2.45, 2.75) is 25.4 Å². The number of hydrogen-bond acceptors (Lipinski definition) is 5. The number of aromatic nitrogens is 2. The van der Waals surface area contributed by atoms with Gasteiger partial charge in [-0.2, -0.15) is 0 Å². The lowest BCUT2D eigenvalue weighted by Gasteiger charge is -2.15. The molecular weight excluding hydrogens is 394 g/mol. The zero-order valence-corrected chi connectivity index (χ0v) is 17.7. The minimum atomic E-state index is -3.24. The van der Waals surface area contributed by atoms with Crippen molar-refractivity contribution in [2.24, 2.45) is 0 Å². The van der Waals surface area contributed by atoms with Crippen molar-refractivity contribution in [3.8, 4) is 5.69 Å². The van der Waals surface area contributed by atoms with Crippen molar-refractivity contribution in [3.63, 3.8) is 0 Å². The largest absolute Gasteiger partial charge is 0.268 e. The molecule has 1 heterocycles. The number of hydrogen-bond donors (Lipinski definition) is 1. The predicted octanol–water partition coefficient (Wildman–Crippen LogP) is 3.03. The first-order valence-corrected chi connectivity index (χ1v) is 11.6. The maximum atomic E-state index is 13.3. The first-order valence-electron chi connectivity index (χ1n) is 8.96. The van der Waals surface area contributed by atoms with Crippen molar-refractivity contribution in [1.29, 1.82) is 0 Å². The van der Waals surface area contributed by atoms with Crippen LogP contribution in [-0.4, -0.2) is 36.5 Å². The second-order valence-corrected chi connectivity index (χ2v) is 9.68. The molecule has 6 nitrogen and oxygen atoms in total. The quantitative estimate of drug-likeness (QED) is 0.363. The number of sulfonamides is 1. The number of rotatable bonds is 7. The van der Waals surface area contributed by atoms with Gasteiger partial charge in [0.1, 0.15) is 0 Å². The van der Waals surface area contributed by atoms with Crippen LogP contribution in [0.1, 0.15) is 17.5 Å². The summed E-state index contributed by atoms with van der Waals surface area (Å²) in [4.78, 5) is 18.0. The number of aryl methyl sites for hydroxylation is 2. The summed E-state index contributed by atoms with van der Waals surface area (Å²) in [6, 6.07) is 13.2. The van der Waals surface area contributed by atoms with Crippen LogP contribution >= 0.6 is 11.8 Å². The Labute approximate surface area is 169 Å². The van der Waals surface area contributed by atoms with E-state index in [1.807, 2.05) is 50.2 Å². The van der Waals surface area contributed by atoms with Crippen molar-refractivity contribution in [3.05, 3.63) is 63.9 Å². The van der Waals surface area contributed by atoms with Gasteiger partial charge < -0.3 is 0 Å². The maximum absolute atomic E-state index is 13.3. The summed E-state index contributed by atoms with van der Waals surface area (Å²) >= 11 is 1.40. The van der Waals surface area contributed by atoms with E-state index in [0.717, 1.165) is 16.8 Å². The summed E-state index contributed by atoms with van der Waals surface area (Å²) in [7, 11) is -1.84. The van der Waals surface area contributed by atoms with Crippen LogP contribution in [0.25, 0.3) is 16.6 Å². The number of nitrogens with zero attached hydrogens (tertiary/aromatic N) is 2. The standard InChI is InChI=1S/C20H23N3O3S2/c1-14-9-10-15(2)18(13-14)23-19(24)16-7-4-5-8-17(16)22-20(23)27-11-6-12-28(25,26)21-3/h4-5,7-10,13,21H,6,11-12H2,1-3H3. The van der Waals surface area contributed by atoms with Gasteiger partial charge in [-0.25, -0.2) is 18.1 Å². The molecule has 1 aromatic heterocycles. The average molecular weight is 418 g/mol. The monoisotopic (exact) mass is 417 g/mol.